The summed E-state index contributed by atoms with van der Waals surface area (Å²) in [7, 11) is -8.08. The number of carbonyl (C=O) groups is 1. The van der Waals surface area contributed by atoms with E-state index >= 15 is 0 Å². The van der Waals surface area contributed by atoms with Crippen molar-refractivity contribution in [3.63, 3.8) is 0 Å². The molecule has 0 aliphatic rings. The van der Waals surface area contributed by atoms with Crippen LogP contribution in [0.2, 0.25) is 5.02 Å². The predicted octanol–water partition coefficient (Wildman–Crippen LogP) is 6.52. The van der Waals surface area contributed by atoms with E-state index in [-0.39, 0.29) is 32.4 Å². The molecule has 4 aromatic rings. The van der Waals surface area contributed by atoms with Crippen molar-refractivity contribution >= 4 is 54.6 Å². The molecule has 0 aliphatic carbocycles. The molecule has 1 amide bonds. The number of aryl methyl sites for hydroxylation is 1. The predicted molar refractivity (Wildman–Crippen MR) is 150 cm³/mol. The minimum absolute atomic E-state index is 0.0878. The Morgan fingerprint density at radius 1 is 0.683 bits per heavy atom. The van der Waals surface area contributed by atoms with Crippen LogP contribution in [0.1, 0.15) is 21.5 Å². The van der Waals surface area contributed by atoms with Crippen LogP contribution in [0.15, 0.2) is 101 Å². The molecule has 0 radical (unpaired) electrons. The van der Waals surface area contributed by atoms with Gasteiger partial charge in [0.2, 0.25) is 0 Å². The maximum absolute atomic E-state index is 13.1. The molecule has 8 nitrogen and oxygen atoms in total. The minimum Gasteiger partial charge on any atom is -0.322 e. The quantitative estimate of drug-likeness (QED) is 0.206. The van der Waals surface area contributed by atoms with Crippen molar-refractivity contribution in [1.82, 2.24) is 0 Å². The molecule has 0 bridgehead atoms. The second-order valence-electron chi connectivity index (χ2n) is 8.77. The van der Waals surface area contributed by atoms with Crippen molar-refractivity contribution in [2.24, 2.45) is 0 Å². The summed E-state index contributed by atoms with van der Waals surface area (Å²) in [6, 6.07) is 19.5. The van der Waals surface area contributed by atoms with Crippen molar-refractivity contribution in [2.45, 2.75) is 22.9 Å². The van der Waals surface area contributed by atoms with Gasteiger partial charge in [-0.2, -0.15) is 13.2 Å². The Balaban J connectivity index is 1.41. The van der Waals surface area contributed by atoms with Gasteiger partial charge in [-0.3, -0.25) is 14.2 Å². The standard InChI is InChI=1S/C27H21ClF3N3O5S2/c1-17-2-11-22(12-3-17)40(36,37)33-20-6-4-18(5-7-20)26(35)32-19-8-13-23(14-9-19)41(38,39)34-21-10-15-25(28)24(16-21)27(29,30)31/h2-16,33-34H,1H3,(H,32,35). The van der Waals surface area contributed by atoms with E-state index in [0.29, 0.717) is 6.07 Å². The minimum atomic E-state index is -4.77. The zero-order valence-corrected chi connectivity index (χ0v) is 23.4. The Labute approximate surface area is 239 Å². The van der Waals surface area contributed by atoms with Gasteiger partial charge in [0.25, 0.3) is 26.0 Å². The third kappa shape index (κ3) is 7.37. The van der Waals surface area contributed by atoms with E-state index in [9.17, 15) is 34.8 Å². The number of hydrogen-bond donors (Lipinski definition) is 3. The maximum atomic E-state index is 13.1. The fourth-order valence-electron chi connectivity index (χ4n) is 3.56. The van der Waals surface area contributed by atoms with Gasteiger partial charge in [-0.1, -0.05) is 29.3 Å². The molecule has 4 rings (SSSR count). The topological polar surface area (TPSA) is 121 Å². The normalized spacial score (nSPS) is 12.0. The lowest BCUT2D eigenvalue weighted by molar-refractivity contribution is -0.137. The summed E-state index contributed by atoms with van der Waals surface area (Å²) in [5.41, 5.74) is 0.0759. The van der Waals surface area contributed by atoms with Crippen molar-refractivity contribution in [3.8, 4) is 0 Å². The Kier molecular flexibility index (Phi) is 8.34. The van der Waals surface area contributed by atoms with Crippen LogP contribution in [-0.4, -0.2) is 22.7 Å². The van der Waals surface area contributed by atoms with Crippen molar-refractivity contribution in [3.05, 3.63) is 113 Å². The monoisotopic (exact) mass is 623 g/mol. The average molecular weight is 624 g/mol. The average Bonchev–Trinajstić information content (AvgIpc) is 2.90. The fraction of sp³-hybridized carbons (Fsp3) is 0.0741. The molecule has 0 aliphatic heterocycles. The third-order valence-electron chi connectivity index (χ3n) is 5.68. The largest absolute Gasteiger partial charge is 0.417 e. The smallest absolute Gasteiger partial charge is 0.322 e. The molecule has 4 aromatic carbocycles. The number of anilines is 3. The van der Waals surface area contributed by atoms with Gasteiger partial charge in [-0.25, -0.2) is 16.8 Å². The third-order valence-corrected chi connectivity index (χ3v) is 8.80. The van der Waals surface area contributed by atoms with Crippen LogP contribution in [0.4, 0.5) is 30.2 Å². The molecule has 0 saturated heterocycles. The first kappa shape index (κ1) is 29.9. The van der Waals surface area contributed by atoms with Crippen LogP contribution in [0.5, 0.6) is 0 Å². The molecule has 41 heavy (non-hydrogen) atoms. The van der Waals surface area contributed by atoms with Crippen LogP contribution in [-0.2, 0) is 26.2 Å². The van der Waals surface area contributed by atoms with E-state index < -0.39 is 42.7 Å². The number of sulfonamides is 2. The highest BCUT2D eigenvalue weighted by molar-refractivity contribution is 7.93. The molecule has 0 heterocycles. The van der Waals surface area contributed by atoms with Crippen molar-refractivity contribution in [2.75, 3.05) is 14.8 Å². The van der Waals surface area contributed by atoms with Gasteiger partial charge in [0, 0.05) is 22.6 Å². The van der Waals surface area contributed by atoms with Gasteiger partial charge in [0.1, 0.15) is 0 Å². The Hall–Kier alpha value is -4.07. The number of benzene rings is 4. The SMILES string of the molecule is Cc1ccc(S(=O)(=O)Nc2ccc(C(=O)Nc3ccc(S(=O)(=O)Nc4ccc(Cl)c(C(F)(F)F)c4)cc3)cc2)cc1. The zero-order valence-electron chi connectivity index (χ0n) is 21.0. The highest BCUT2D eigenvalue weighted by atomic mass is 35.5. The second kappa shape index (κ2) is 11.4. The lowest BCUT2D eigenvalue weighted by Gasteiger charge is -2.13. The Morgan fingerprint density at radius 2 is 1.15 bits per heavy atom. The van der Waals surface area contributed by atoms with E-state index in [1.54, 1.807) is 12.1 Å². The van der Waals surface area contributed by atoms with Crippen LogP contribution in [0.3, 0.4) is 0 Å². The van der Waals surface area contributed by atoms with Crippen LogP contribution in [0.25, 0.3) is 0 Å². The molecule has 0 atom stereocenters. The van der Waals surface area contributed by atoms with E-state index in [2.05, 4.69) is 14.8 Å². The molecule has 14 heteroatoms. The van der Waals surface area contributed by atoms with Crippen LogP contribution in [0, 0.1) is 6.92 Å². The molecule has 0 unspecified atom stereocenters. The Bertz CT molecular complexity index is 1800. The highest BCUT2D eigenvalue weighted by Crippen LogP contribution is 2.36. The fourth-order valence-corrected chi connectivity index (χ4v) is 5.89. The first-order chi connectivity index (χ1) is 19.1. The summed E-state index contributed by atoms with van der Waals surface area (Å²) in [6.45, 7) is 1.84. The number of carbonyl (C=O) groups excluding carboxylic acids is 1. The summed E-state index contributed by atoms with van der Waals surface area (Å²) >= 11 is 5.57. The van der Waals surface area contributed by atoms with Gasteiger partial charge >= 0.3 is 6.18 Å². The Morgan fingerprint density at radius 3 is 1.68 bits per heavy atom. The zero-order chi connectivity index (χ0) is 30.0. The summed E-state index contributed by atoms with van der Waals surface area (Å²) in [5.74, 6) is -0.549. The number of hydrogen-bond acceptors (Lipinski definition) is 5. The number of nitrogens with one attached hydrogen (secondary N) is 3. The van der Waals surface area contributed by atoms with Crippen molar-refractivity contribution in [1.29, 1.82) is 0 Å². The summed E-state index contributed by atoms with van der Waals surface area (Å²) in [5, 5.41) is 2.01. The molecule has 0 spiro atoms. The number of amides is 1. The highest BCUT2D eigenvalue weighted by Gasteiger charge is 2.33. The molecular weight excluding hydrogens is 603 g/mol. The maximum Gasteiger partial charge on any atom is 0.417 e. The lowest BCUT2D eigenvalue weighted by atomic mass is 10.2. The van der Waals surface area contributed by atoms with Gasteiger partial charge in [0.15, 0.2) is 0 Å². The second-order valence-corrected chi connectivity index (χ2v) is 12.5. The summed E-state index contributed by atoms with van der Waals surface area (Å²) in [4.78, 5) is 12.5. The van der Waals surface area contributed by atoms with Gasteiger partial charge < -0.3 is 5.32 Å². The molecule has 0 fully saturated rings. The van der Waals surface area contributed by atoms with E-state index in [1.165, 1.54) is 60.7 Å². The first-order valence-corrected chi connectivity index (χ1v) is 15.0. The number of halogens is 4. The number of rotatable bonds is 8. The van der Waals surface area contributed by atoms with Crippen LogP contribution >= 0.6 is 11.6 Å². The van der Waals surface area contributed by atoms with E-state index in [1.807, 2.05) is 6.92 Å². The van der Waals surface area contributed by atoms with Crippen LogP contribution < -0.4 is 14.8 Å². The van der Waals surface area contributed by atoms with Gasteiger partial charge in [-0.15, -0.1) is 0 Å². The number of alkyl halides is 3. The lowest BCUT2D eigenvalue weighted by Crippen LogP contribution is -2.15. The van der Waals surface area contributed by atoms with Gasteiger partial charge in [0.05, 0.1) is 20.4 Å². The molecular formula is C27H21ClF3N3O5S2. The van der Waals surface area contributed by atoms with E-state index in [0.717, 1.165) is 17.7 Å². The summed E-state index contributed by atoms with van der Waals surface area (Å²) in [6.07, 6.45) is -4.77. The summed E-state index contributed by atoms with van der Waals surface area (Å²) < 4.78 is 94.2. The molecule has 0 saturated carbocycles. The molecule has 3 N–H and O–H groups in total. The van der Waals surface area contributed by atoms with Crippen molar-refractivity contribution < 1.29 is 34.8 Å². The first-order valence-electron chi connectivity index (χ1n) is 11.6. The molecule has 0 aromatic heterocycles. The molecule has 214 valence electrons. The van der Waals surface area contributed by atoms with E-state index in [4.69, 9.17) is 11.6 Å². The van der Waals surface area contributed by atoms with Gasteiger partial charge in [-0.05, 0) is 85.8 Å².